The minimum absolute atomic E-state index is 1.12. The highest BCUT2D eigenvalue weighted by Crippen LogP contribution is 2.23. The fourth-order valence-electron chi connectivity index (χ4n) is 1.44. The summed E-state index contributed by atoms with van der Waals surface area (Å²) in [5, 5.41) is 2.25. The van der Waals surface area contributed by atoms with E-state index >= 15 is 0 Å². The average Bonchev–Trinajstić information content (AvgIpc) is 2.17. The van der Waals surface area contributed by atoms with E-state index in [2.05, 4.69) is 29.2 Å². The number of benzene rings is 2. The lowest BCUT2D eigenvalue weighted by molar-refractivity contribution is 1.14. The molecule has 2 aromatic rings. The molecule has 0 N–H and O–H groups in total. The van der Waals surface area contributed by atoms with E-state index in [4.69, 9.17) is 0 Å². The molecular formula is C12H11N. The van der Waals surface area contributed by atoms with Crippen LogP contribution < -0.4 is 4.90 Å². The predicted octanol–water partition coefficient (Wildman–Crippen LogP) is 2.51. The number of nitrogens with zero attached hydrogens (tertiary/aromatic N) is 1. The smallest absolute Gasteiger partial charge is 0.0447 e. The van der Waals surface area contributed by atoms with Gasteiger partial charge < -0.3 is 4.90 Å². The Hall–Kier alpha value is -1.50. The van der Waals surface area contributed by atoms with Crippen LogP contribution in [0.15, 0.2) is 30.3 Å². The van der Waals surface area contributed by atoms with Crippen LogP contribution in [0, 0.1) is 12.1 Å². The summed E-state index contributed by atoms with van der Waals surface area (Å²) in [6, 6.07) is 16.4. The van der Waals surface area contributed by atoms with E-state index in [1.165, 1.54) is 5.69 Å². The van der Waals surface area contributed by atoms with E-state index < -0.39 is 0 Å². The molecular weight excluding hydrogens is 158 g/mol. The van der Waals surface area contributed by atoms with E-state index in [0.717, 1.165) is 10.8 Å². The second kappa shape index (κ2) is 3.09. The van der Waals surface area contributed by atoms with Crippen molar-refractivity contribution in [1.82, 2.24) is 0 Å². The normalized spacial score (nSPS) is 10.3. The van der Waals surface area contributed by atoms with Crippen molar-refractivity contribution in [2.24, 2.45) is 0 Å². The molecule has 0 heterocycles. The Morgan fingerprint density at radius 2 is 1.85 bits per heavy atom. The van der Waals surface area contributed by atoms with E-state index in [0.29, 0.717) is 0 Å². The van der Waals surface area contributed by atoms with Gasteiger partial charge in [0.2, 0.25) is 0 Å². The summed E-state index contributed by atoms with van der Waals surface area (Å²) in [5.74, 6) is 0. The minimum atomic E-state index is 1.12. The Kier molecular flexibility index (Phi) is 1.93. The molecule has 13 heavy (non-hydrogen) atoms. The summed E-state index contributed by atoms with van der Waals surface area (Å²) >= 11 is 0. The van der Waals surface area contributed by atoms with Crippen molar-refractivity contribution in [3.05, 3.63) is 42.5 Å². The molecule has 0 fully saturated rings. The first-order chi connectivity index (χ1) is 6.29. The van der Waals surface area contributed by atoms with Crippen LogP contribution in [0.2, 0.25) is 0 Å². The number of hydrogen-bond donors (Lipinski definition) is 0. The van der Waals surface area contributed by atoms with Gasteiger partial charge in [-0.15, -0.1) is 0 Å². The monoisotopic (exact) mass is 169 g/mol. The molecule has 2 rings (SSSR count). The Bertz CT molecular complexity index is 413. The summed E-state index contributed by atoms with van der Waals surface area (Å²) < 4.78 is 0. The standard InChI is InChI=1S/C12H11N/c1-13(2)12-9-5-7-10-6-3-4-8-11(10)12/h3-5,7,9H,1-2H3. The number of rotatable bonds is 1. The maximum absolute atomic E-state index is 3.23. The summed E-state index contributed by atoms with van der Waals surface area (Å²) in [7, 11) is 4.07. The van der Waals surface area contributed by atoms with Crippen molar-refractivity contribution < 1.29 is 0 Å². The molecule has 0 aromatic heterocycles. The number of anilines is 1. The lowest BCUT2D eigenvalue weighted by Crippen LogP contribution is -2.08. The Morgan fingerprint density at radius 3 is 2.62 bits per heavy atom. The van der Waals surface area contributed by atoms with Crippen molar-refractivity contribution >= 4 is 16.5 Å². The minimum Gasteiger partial charge on any atom is -0.377 e. The van der Waals surface area contributed by atoms with Crippen LogP contribution in [0.5, 0.6) is 0 Å². The van der Waals surface area contributed by atoms with Crippen LogP contribution in [-0.4, -0.2) is 14.1 Å². The highest BCUT2D eigenvalue weighted by Gasteiger charge is 2.00. The van der Waals surface area contributed by atoms with E-state index in [1.807, 2.05) is 32.3 Å². The van der Waals surface area contributed by atoms with Crippen molar-refractivity contribution in [3.8, 4) is 0 Å². The van der Waals surface area contributed by atoms with Gasteiger partial charge in [-0.3, -0.25) is 0 Å². The molecule has 64 valence electrons. The molecule has 2 aromatic carbocycles. The highest BCUT2D eigenvalue weighted by molar-refractivity contribution is 5.93. The fourth-order valence-corrected chi connectivity index (χ4v) is 1.44. The maximum atomic E-state index is 3.23. The molecule has 0 amide bonds. The molecule has 0 saturated heterocycles. The van der Waals surface area contributed by atoms with Gasteiger partial charge in [-0.2, -0.15) is 0 Å². The third-order valence-electron chi connectivity index (χ3n) is 2.07. The quantitative estimate of drug-likeness (QED) is 0.634. The molecule has 0 atom stereocenters. The van der Waals surface area contributed by atoms with Crippen molar-refractivity contribution in [2.75, 3.05) is 19.0 Å². The van der Waals surface area contributed by atoms with Gasteiger partial charge in [0.25, 0.3) is 0 Å². The summed E-state index contributed by atoms with van der Waals surface area (Å²) in [5.41, 5.74) is 1.19. The zero-order chi connectivity index (χ0) is 9.26. The SMILES string of the molecule is CN(C)c1cccc2[c]cc[c]c12. The van der Waals surface area contributed by atoms with Crippen LogP contribution in [-0.2, 0) is 0 Å². The van der Waals surface area contributed by atoms with Crippen LogP contribution in [0.3, 0.4) is 0 Å². The summed E-state index contributed by atoms with van der Waals surface area (Å²) in [6.07, 6.45) is 0. The van der Waals surface area contributed by atoms with Crippen LogP contribution >= 0.6 is 0 Å². The van der Waals surface area contributed by atoms with Crippen LogP contribution in [0.1, 0.15) is 0 Å². The molecule has 0 aliphatic carbocycles. The van der Waals surface area contributed by atoms with Crippen molar-refractivity contribution in [1.29, 1.82) is 0 Å². The number of fused-ring (bicyclic) bond motifs is 1. The van der Waals surface area contributed by atoms with E-state index in [-0.39, 0.29) is 0 Å². The Labute approximate surface area is 78.6 Å². The topological polar surface area (TPSA) is 3.24 Å². The van der Waals surface area contributed by atoms with E-state index in [1.54, 1.807) is 0 Å². The summed E-state index contributed by atoms with van der Waals surface area (Å²) in [4.78, 5) is 2.09. The molecule has 2 radical (unpaired) electrons. The van der Waals surface area contributed by atoms with Gasteiger partial charge in [0.05, 0.1) is 0 Å². The first-order valence-electron chi connectivity index (χ1n) is 4.27. The van der Waals surface area contributed by atoms with Crippen LogP contribution in [0.4, 0.5) is 5.69 Å². The predicted molar refractivity (Wildman–Crippen MR) is 55.9 cm³/mol. The largest absolute Gasteiger partial charge is 0.377 e. The van der Waals surface area contributed by atoms with E-state index in [9.17, 15) is 0 Å². The lowest BCUT2D eigenvalue weighted by atomic mass is 10.1. The zero-order valence-corrected chi connectivity index (χ0v) is 7.83. The van der Waals surface area contributed by atoms with Crippen LogP contribution in [0.25, 0.3) is 10.8 Å². The highest BCUT2D eigenvalue weighted by atomic mass is 15.1. The molecule has 1 heteroatoms. The van der Waals surface area contributed by atoms with Crippen molar-refractivity contribution in [2.45, 2.75) is 0 Å². The van der Waals surface area contributed by atoms with Gasteiger partial charge in [-0.25, -0.2) is 0 Å². The van der Waals surface area contributed by atoms with Gasteiger partial charge >= 0.3 is 0 Å². The van der Waals surface area contributed by atoms with Gasteiger partial charge in [-0.05, 0) is 23.6 Å². The molecule has 0 bridgehead atoms. The zero-order valence-electron chi connectivity index (χ0n) is 7.83. The first-order valence-corrected chi connectivity index (χ1v) is 4.27. The second-order valence-electron chi connectivity index (χ2n) is 3.22. The fraction of sp³-hybridized carbons (Fsp3) is 0.167. The van der Waals surface area contributed by atoms with Gasteiger partial charge in [0.15, 0.2) is 0 Å². The van der Waals surface area contributed by atoms with Gasteiger partial charge in [-0.1, -0.05) is 24.3 Å². The first kappa shape index (κ1) is 8.11. The third-order valence-corrected chi connectivity index (χ3v) is 2.07. The molecule has 0 spiro atoms. The molecule has 0 unspecified atom stereocenters. The number of hydrogen-bond acceptors (Lipinski definition) is 1. The maximum Gasteiger partial charge on any atom is 0.0447 e. The lowest BCUT2D eigenvalue weighted by Gasteiger charge is -2.14. The van der Waals surface area contributed by atoms with Crippen molar-refractivity contribution in [3.63, 3.8) is 0 Å². The summed E-state index contributed by atoms with van der Waals surface area (Å²) in [6.45, 7) is 0. The van der Waals surface area contributed by atoms with Gasteiger partial charge in [0, 0.05) is 25.2 Å². The average molecular weight is 169 g/mol. The molecule has 0 aliphatic heterocycles. The molecule has 1 nitrogen and oxygen atoms in total. The molecule has 0 saturated carbocycles. The molecule has 0 aliphatic rings. The Balaban J connectivity index is 2.76. The Morgan fingerprint density at radius 1 is 1.08 bits per heavy atom. The third kappa shape index (κ3) is 1.37. The van der Waals surface area contributed by atoms with Gasteiger partial charge in [0.1, 0.15) is 0 Å². The second-order valence-corrected chi connectivity index (χ2v) is 3.22.